The summed E-state index contributed by atoms with van der Waals surface area (Å²) < 4.78 is 4.73. The number of carboxylic acid groups (broad SMARTS) is 2. The van der Waals surface area contributed by atoms with Crippen molar-refractivity contribution in [2.24, 2.45) is 0 Å². The number of hydrogen-bond donors (Lipinski definition) is 2. The van der Waals surface area contributed by atoms with E-state index >= 15 is 0 Å². The first-order valence-corrected chi connectivity index (χ1v) is 3.57. The Morgan fingerprint density at radius 3 is 1.93 bits per heavy atom. The molecular formula is C8H7NO5. The van der Waals surface area contributed by atoms with Crippen LogP contribution in [0.4, 0.5) is 0 Å². The van der Waals surface area contributed by atoms with Gasteiger partial charge in [-0.2, -0.15) is 0 Å². The molecule has 0 aliphatic rings. The van der Waals surface area contributed by atoms with Crippen molar-refractivity contribution in [1.29, 1.82) is 0 Å². The molecule has 1 heterocycles. The lowest BCUT2D eigenvalue weighted by Crippen LogP contribution is -2.07. The molecule has 0 spiro atoms. The molecule has 0 amide bonds. The van der Waals surface area contributed by atoms with Gasteiger partial charge in [0.1, 0.15) is 5.75 Å². The zero-order chi connectivity index (χ0) is 10.7. The molecule has 1 aromatic rings. The van der Waals surface area contributed by atoms with Crippen LogP contribution >= 0.6 is 0 Å². The minimum absolute atomic E-state index is 0.148. The quantitative estimate of drug-likeness (QED) is 0.731. The number of carboxylic acids is 2. The number of methoxy groups -OCH3 is 1. The Morgan fingerprint density at radius 1 is 1.21 bits per heavy atom. The van der Waals surface area contributed by atoms with Gasteiger partial charge in [-0.05, 0) is 0 Å². The van der Waals surface area contributed by atoms with Crippen molar-refractivity contribution >= 4 is 11.9 Å². The average molecular weight is 197 g/mol. The molecule has 0 radical (unpaired) electrons. The minimum Gasteiger partial charge on any atom is -0.497 e. The molecule has 0 atom stereocenters. The first kappa shape index (κ1) is 9.97. The number of aromatic carboxylic acids is 2. The van der Waals surface area contributed by atoms with Crippen molar-refractivity contribution in [3.8, 4) is 5.75 Å². The molecule has 0 fully saturated rings. The Morgan fingerprint density at radius 2 is 1.64 bits per heavy atom. The summed E-state index contributed by atoms with van der Waals surface area (Å²) in [4.78, 5) is 24.5. The fourth-order valence-corrected chi connectivity index (χ4v) is 0.842. The van der Waals surface area contributed by atoms with Crippen LogP contribution in [-0.4, -0.2) is 34.2 Å². The highest BCUT2D eigenvalue weighted by molar-refractivity contribution is 5.90. The van der Waals surface area contributed by atoms with Crippen LogP contribution in [0.2, 0.25) is 0 Å². The van der Waals surface area contributed by atoms with Crippen LogP contribution in [0.5, 0.6) is 5.75 Å². The van der Waals surface area contributed by atoms with Crippen LogP contribution in [0.25, 0.3) is 0 Å². The van der Waals surface area contributed by atoms with Crippen LogP contribution in [0, 0.1) is 0 Å². The van der Waals surface area contributed by atoms with E-state index in [-0.39, 0.29) is 17.1 Å². The van der Waals surface area contributed by atoms with E-state index in [1.807, 2.05) is 0 Å². The van der Waals surface area contributed by atoms with Gasteiger partial charge in [-0.3, -0.25) is 0 Å². The SMILES string of the molecule is COc1cc(C(=O)O)nc(C(=O)O)c1. The fourth-order valence-electron chi connectivity index (χ4n) is 0.842. The first-order valence-electron chi connectivity index (χ1n) is 3.57. The number of aromatic nitrogens is 1. The number of ether oxygens (including phenoxy) is 1. The third-order valence-electron chi connectivity index (χ3n) is 1.47. The molecule has 0 bridgehead atoms. The number of carbonyl (C=O) groups is 2. The standard InChI is InChI=1S/C8H7NO5/c1-14-4-2-5(7(10)11)9-6(3-4)8(12)13/h2-3H,1H3,(H,10,11)(H,12,13). The Labute approximate surface area is 78.8 Å². The molecule has 14 heavy (non-hydrogen) atoms. The van der Waals surface area contributed by atoms with Crippen molar-refractivity contribution in [2.75, 3.05) is 7.11 Å². The number of rotatable bonds is 3. The molecule has 2 N–H and O–H groups in total. The zero-order valence-corrected chi connectivity index (χ0v) is 7.22. The third-order valence-corrected chi connectivity index (χ3v) is 1.47. The maximum Gasteiger partial charge on any atom is 0.354 e. The maximum absolute atomic E-state index is 10.5. The summed E-state index contributed by atoms with van der Waals surface area (Å²) in [6.07, 6.45) is 0. The third kappa shape index (κ3) is 1.98. The molecule has 74 valence electrons. The van der Waals surface area contributed by atoms with E-state index in [0.717, 1.165) is 12.1 Å². The first-order chi connectivity index (χ1) is 6.54. The zero-order valence-electron chi connectivity index (χ0n) is 7.22. The van der Waals surface area contributed by atoms with E-state index in [1.54, 1.807) is 0 Å². The van der Waals surface area contributed by atoms with Gasteiger partial charge >= 0.3 is 11.9 Å². The van der Waals surface area contributed by atoms with Crippen LogP contribution in [0.1, 0.15) is 21.0 Å². The van der Waals surface area contributed by atoms with Gasteiger partial charge in [-0.25, -0.2) is 14.6 Å². The van der Waals surface area contributed by atoms with E-state index in [4.69, 9.17) is 14.9 Å². The highest BCUT2D eigenvalue weighted by Gasteiger charge is 2.13. The van der Waals surface area contributed by atoms with E-state index in [1.165, 1.54) is 7.11 Å². The molecule has 1 rings (SSSR count). The highest BCUT2D eigenvalue weighted by atomic mass is 16.5. The molecule has 0 saturated carbocycles. The summed E-state index contributed by atoms with van der Waals surface area (Å²) in [5.74, 6) is -2.45. The van der Waals surface area contributed by atoms with Crippen LogP contribution in [0.3, 0.4) is 0 Å². The van der Waals surface area contributed by atoms with Crippen LogP contribution in [-0.2, 0) is 0 Å². The van der Waals surface area contributed by atoms with E-state index < -0.39 is 11.9 Å². The molecule has 0 aromatic carbocycles. The lowest BCUT2D eigenvalue weighted by atomic mass is 10.3. The summed E-state index contributed by atoms with van der Waals surface area (Å²) in [5.41, 5.74) is -0.719. The Balaban J connectivity index is 3.27. The molecule has 1 aromatic heterocycles. The second kappa shape index (κ2) is 3.73. The molecule has 6 nitrogen and oxygen atoms in total. The Kier molecular flexibility index (Phi) is 2.66. The summed E-state index contributed by atoms with van der Waals surface area (Å²) >= 11 is 0. The number of nitrogens with zero attached hydrogens (tertiary/aromatic N) is 1. The van der Waals surface area contributed by atoms with Gasteiger partial charge in [0.2, 0.25) is 0 Å². The van der Waals surface area contributed by atoms with Crippen molar-refractivity contribution < 1.29 is 24.5 Å². The number of pyridine rings is 1. The molecule has 0 aliphatic heterocycles. The van der Waals surface area contributed by atoms with Gasteiger partial charge in [0.05, 0.1) is 7.11 Å². The predicted octanol–water partition coefficient (Wildman–Crippen LogP) is 0.487. The smallest absolute Gasteiger partial charge is 0.354 e. The van der Waals surface area contributed by atoms with Gasteiger partial charge in [0, 0.05) is 12.1 Å². The minimum atomic E-state index is -1.30. The van der Waals surface area contributed by atoms with Gasteiger partial charge in [-0.1, -0.05) is 0 Å². The summed E-state index contributed by atoms with van der Waals surface area (Å²) in [6, 6.07) is 2.30. The second-order valence-corrected chi connectivity index (χ2v) is 2.39. The van der Waals surface area contributed by atoms with E-state index in [0.29, 0.717) is 0 Å². The molecule has 0 aliphatic carbocycles. The van der Waals surface area contributed by atoms with Gasteiger partial charge < -0.3 is 14.9 Å². The Hall–Kier alpha value is -2.11. The monoisotopic (exact) mass is 197 g/mol. The maximum atomic E-state index is 10.5. The summed E-state index contributed by atoms with van der Waals surface area (Å²) in [5, 5.41) is 17.2. The van der Waals surface area contributed by atoms with Crippen LogP contribution < -0.4 is 4.74 Å². The van der Waals surface area contributed by atoms with Crippen molar-refractivity contribution in [2.45, 2.75) is 0 Å². The highest BCUT2D eigenvalue weighted by Crippen LogP contribution is 2.13. The lowest BCUT2D eigenvalue weighted by Gasteiger charge is -2.02. The van der Waals surface area contributed by atoms with Crippen molar-refractivity contribution in [3.05, 3.63) is 23.5 Å². The Bertz CT molecular complexity index is 355. The van der Waals surface area contributed by atoms with E-state index in [2.05, 4.69) is 4.98 Å². The molecule has 0 saturated heterocycles. The molecular weight excluding hydrogens is 190 g/mol. The van der Waals surface area contributed by atoms with Gasteiger partial charge in [0.25, 0.3) is 0 Å². The van der Waals surface area contributed by atoms with Gasteiger partial charge in [0.15, 0.2) is 11.4 Å². The summed E-state index contributed by atoms with van der Waals surface area (Å²) in [7, 11) is 1.31. The normalized spacial score (nSPS) is 9.50. The molecule has 0 unspecified atom stereocenters. The van der Waals surface area contributed by atoms with Crippen molar-refractivity contribution in [3.63, 3.8) is 0 Å². The molecule has 6 heteroatoms. The summed E-state index contributed by atoms with van der Waals surface area (Å²) in [6.45, 7) is 0. The van der Waals surface area contributed by atoms with Crippen molar-refractivity contribution in [1.82, 2.24) is 4.98 Å². The average Bonchev–Trinajstić information content (AvgIpc) is 2.16. The number of hydrogen-bond acceptors (Lipinski definition) is 4. The topological polar surface area (TPSA) is 96.7 Å². The van der Waals surface area contributed by atoms with Crippen LogP contribution in [0.15, 0.2) is 12.1 Å². The lowest BCUT2D eigenvalue weighted by molar-refractivity contribution is 0.0684. The largest absolute Gasteiger partial charge is 0.497 e. The fraction of sp³-hybridized carbons (Fsp3) is 0.125. The van der Waals surface area contributed by atoms with E-state index in [9.17, 15) is 9.59 Å². The second-order valence-electron chi connectivity index (χ2n) is 2.39. The predicted molar refractivity (Wildman–Crippen MR) is 44.7 cm³/mol. The van der Waals surface area contributed by atoms with Gasteiger partial charge in [-0.15, -0.1) is 0 Å².